The van der Waals surface area contributed by atoms with E-state index in [2.05, 4.69) is 5.32 Å². The third kappa shape index (κ3) is 6.05. The standard InChI is InChI=1S/C25H33N3O6S/c1-5-21(25(30)26-6-2)27(15-19-11-9-8-10-18(19)4)24(29)16-28(35(31,32)7-3)20-12-13-22-23(14-20)34-17-33-22/h8-14,21H,5-7,15-17H2,1-4H3,(H,26,30)/t21-/m1/s1. The van der Waals surface area contributed by atoms with E-state index >= 15 is 0 Å². The smallest absolute Gasteiger partial charge is 0.244 e. The van der Waals surface area contributed by atoms with Gasteiger partial charge < -0.3 is 19.7 Å². The van der Waals surface area contributed by atoms with Gasteiger partial charge in [0.2, 0.25) is 28.6 Å². The second-order valence-electron chi connectivity index (χ2n) is 8.21. The molecule has 0 unspecified atom stereocenters. The molecule has 0 fully saturated rings. The molecule has 35 heavy (non-hydrogen) atoms. The van der Waals surface area contributed by atoms with Gasteiger partial charge in [-0.3, -0.25) is 13.9 Å². The van der Waals surface area contributed by atoms with Gasteiger partial charge in [0.25, 0.3) is 0 Å². The van der Waals surface area contributed by atoms with Crippen LogP contribution in [0.25, 0.3) is 0 Å². The number of rotatable bonds is 11. The molecule has 0 aromatic heterocycles. The number of nitrogens with zero attached hydrogens (tertiary/aromatic N) is 2. The average molecular weight is 504 g/mol. The van der Waals surface area contributed by atoms with E-state index in [1.807, 2.05) is 45.0 Å². The van der Waals surface area contributed by atoms with Crippen molar-refractivity contribution in [3.63, 3.8) is 0 Å². The van der Waals surface area contributed by atoms with E-state index in [4.69, 9.17) is 9.47 Å². The summed E-state index contributed by atoms with van der Waals surface area (Å²) in [6, 6.07) is 11.6. The van der Waals surface area contributed by atoms with E-state index in [-0.39, 0.29) is 25.0 Å². The molecule has 1 heterocycles. The molecule has 1 aliphatic heterocycles. The first-order chi connectivity index (χ1) is 16.7. The van der Waals surface area contributed by atoms with Gasteiger partial charge in [-0.15, -0.1) is 0 Å². The molecule has 2 amide bonds. The minimum absolute atomic E-state index is 0.0488. The summed E-state index contributed by atoms with van der Waals surface area (Å²) in [5, 5.41) is 2.79. The van der Waals surface area contributed by atoms with Gasteiger partial charge in [-0.1, -0.05) is 31.2 Å². The van der Waals surface area contributed by atoms with Crippen LogP contribution in [-0.4, -0.2) is 56.8 Å². The Hall–Kier alpha value is -3.27. The molecule has 0 saturated carbocycles. The zero-order valence-corrected chi connectivity index (χ0v) is 21.4. The Labute approximate surface area is 207 Å². The number of hydrogen-bond acceptors (Lipinski definition) is 6. The van der Waals surface area contributed by atoms with Gasteiger partial charge in [-0.25, -0.2) is 8.42 Å². The zero-order chi connectivity index (χ0) is 25.6. The molecule has 190 valence electrons. The summed E-state index contributed by atoms with van der Waals surface area (Å²) in [5.74, 6) is -0.0137. The maximum absolute atomic E-state index is 13.7. The number of amides is 2. The monoisotopic (exact) mass is 503 g/mol. The molecule has 2 aromatic rings. The van der Waals surface area contributed by atoms with Gasteiger partial charge in [0, 0.05) is 19.2 Å². The van der Waals surface area contributed by atoms with Gasteiger partial charge in [0.1, 0.15) is 12.6 Å². The number of fused-ring (bicyclic) bond motifs is 1. The summed E-state index contributed by atoms with van der Waals surface area (Å²) >= 11 is 0. The van der Waals surface area contributed by atoms with Crippen LogP contribution in [0.3, 0.4) is 0 Å². The fourth-order valence-corrected chi connectivity index (χ4v) is 5.00. The molecule has 1 N–H and O–H groups in total. The van der Waals surface area contributed by atoms with E-state index < -0.39 is 28.5 Å². The number of anilines is 1. The molecule has 10 heteroatoms. The Morgan fingerprint density at radius 2 is 1.77 bits per heavy atom. The number of carbonyl (C=O) groups is 2. The Kier molecular flexibility index (Phi) is 8.61. The summed E-state index contributed by atoms with van der Waals surface area (Å²) in [5.41, 5.74) is 2.16. The molecule has 9 nitrogen and oxygen atoms in total. The normalized spacial score (nSPS) is 13.3. The van der Waals surface area contributed by atoms with Crippen LogP contribution in [0.1, 0.15) is 38.3 Å². The van der Waals surface area contributed by atoms with E-state index in [1.54, 1.807) is 18.2 Å². The SMILES string of the molecule is CCNC(=O)[C@@H](CC)N(Cc1ccccc1C)C(=O)CN(c1ccc2c(c1)OCO2)S(=O)(=O)CC. The lowest BCUT2D eigenvalue weighted by Crippen LogP contribution is -2.52. The Morgan fingerprint density at radius 1 is 1.06 bits per heavy atom. The second kappa shape index (κ2) is 11.4. The lowest BCUT2D eigenvalue weighted by atomic mass is 10.1. The number of aryl methyl sites for hydroxylation is 1. The van der Waals surface area contributed by atoms with Crippen molar-refractivity contribution in [3.05, 3.63) is 53.6 Å². The quantitative estimate of drug-likeness (QED) is 0.506. The summed E-state index contributed by atoms with van der Waals surface area (Å²) in [4.78, 5) is 28.1. The molecule has 0 saturated heterocycles. The van der Waals surface area contributed by atoms with Crippen molar-refractivity contribution >= 4 is 27.5 Å². The molecule has 0 radical (unpaired) electrons. The van der Waals surface area contributed by atoms with Crippen LogP contribution in [0.5, 0.6) is 11.5 Å². The molecule has 0 spiro atoms. The van der Waals surface area contributed by atoms with Crippen LogP contribution in [0.2, 0.25) is 0 Å². The number of carbonyl (C=O) groups excluding carboxylic acids is 2. The third-order valence-corrected chi connectivity index (χ3v) is 7.70. The number of benzene rings is 2. The van der Waals surface area contributed by atoms with E-state index in [0.29, 0.717) is 30.2 Å². The van der Waals surface area contributed by atoms with Gasteiger partial charge >= 0.3 is 0 Å². The van der Waals surface area contributed by atoms with Crippen LogP contribution in [-0.2, 0) is 26.2 Å². The first kappa shape index (κ1) is 26.3. The van der Waals surface area contributed by atoms with Crippen molar-refractivity contribution in [2.24, 2.45) is 0 Å². The number of hydrogen-bond donors (Lipinski definition) is 1. The minimum atomic E-state index is -3.81. The highest BCUT2D eigenvalue weighted by Crippen LogP contribution is 2.36. The van der Waals surface area contributed by atoms with Gasteiger partial charge in [0.15, 0.2) is 11.5 Å². The van der Waals surface area contributed by atoms with Crippen molar-refractivity contribution in [1.82, 2.24) is 10.2 Å². The summed E-state index contributed by atoms with van der Waals surface area (Å²) in [6.07, 6.45) is 0.383. The van der Waals surface area contributed by atoms with E-state index in [1.165, 1.54) is 11.8 Å². The largest absolute Gasteiger partial charge is 0.454 e. The number of ether oxygens (including phenoxy) is 2. The topological polar surface area (TPSA) is 105 Å². The molecule has 2 aromatic carbocycles. The fourth-order valence-electron chi connectivity index (χ4n) is 3.94. The van der Waals surface area contributed by atoms with Crippen LogP contribution >= 0.6 is 0 Å². The van der Waals surface area contributed by atoms with Crippen LogP contribution in [0.4, 0.5) is 5.69 Å². The number of likely N-dealkylation sites (N-methyl/N-ethyl adjacent to an activating group) is 1. The van der Waals surface area contributed by atoms with Crippen LogP contribution < -0.4 is 19.1 Å². The molecule has 0 bridgehead atoms. The van der Waals surface area contributed by atoms with Crippen molar-refractivity contribution < 1.29 is 27.5 Å². The average Bonchev–Trinajstić information content (AvgIpc) is 3.31. The lowest BCUT2D eigenvalue weighted by molar-refractivity contribution is -0.140. The van der Waals surface area contributed by atoms with Crippen molar-refractivity contribution in [2.45, 2.75) is 46.7 Å². The Balaban J connectivity index is 1.98. The Bertz CT molecular complexity index is 1170. The Morgan fingerprint density at radius 3 is 2.43 bits per heavy atom. The van der Waals surface area contributed by atoms with E-state index in [9.17, 15) is 18.0 Å². The van der Waals surface area contributed by atoms with Crippen molar-refractivity contribution in [3.8, 4) is 11.5 Å². The van der Waals surface area contributed by atoms with Gasteiger partial charge in [-0.05, 0) is 50.5 Å². The summed E-state index contributed by atoms with van der Waals surface area (Å²) in [6.45, 7) is 7.31. The molecule has 3 rings (SSSR count). The van der Waals surface area contributed by atoms with Gasteiger partial charge in [-0.2, -0.15) is 0 Å². The minimum Gasteiger partial charge on any atom is -0.454 e. The molecular weight excluding hydrogens is 470 g/mol. The number of sulfonamides is 1. The second-order valence-corrected chi connectivity index (χ2v) is 10.4. The predicted molar refractivity (Wildman–Crippen MR) is 134 cm³/mol. The fraction of sp³-hybridized carbons (Fsp3) is 0.440. The lowest BCUT2D eigenvalue weighted by Gasteiger charge is -2.33. The highest BCUT2D eigenvalue weighted by Gasteiger charge is 2.33. The predicted octanol–water partition coefficient (Wildman–Crippen LogP) is 2.82. The number of nitrogens with one attached hydrogen (secondary N) is 1. The molecular formula is C25H33N3O6S. The van der Waals surface area contributed by atoms with E-state index in [0.717, 1.165) is 15.4 Å². The molecule has 0 aliphatic carbocycles. The summed E-state index contributed by atoms with van der Waals surface area (Å²) < 4.78 is 37.9. The molecule has 1 atom stereocenters. The van der Waals surface area contributed by atoms with Crippen molar-refractivity contribution in [2.75, 3.05) is 29.9 Å². The summed E-state index contributed by atoms with van der Waals surface area (Å²) in [7, 11) is -3.81. The van der Waals surface area contributed by atoms with Crippen molar-refractivity contribution in [1.29, 1.82) is 0 Å². The third-order valence-electron chi connectivity index (χ3n) is 5.96. The maximum atomic E-state index is 13.7. The maximum Gasteiger partial charge on any atom is 0.244 e. The first-order valence-corrected chi connectivity index (χ1v) is 13.3. The highest BCUT2D eigenvalue weighted by atomic mass is 32.2. The van der Waals surface area contributed by atoms with Gasteiger partial charge in [0.05, 0.1) is 11.4 Å². The van der Waals surface area contributed by atoms with Crippen LogP contribution in [0.15, 0.2) is 42.5 Å². The highest BCUT2D eigenvalue weighted by molar-refractivity contribution is 7.92. The molecule has 1 aliphatic rings. The zero-order valence-electron chi connectivity index (χ0n) is 20.6. The first-order valence-electron chi connectivity index (χ1n) is 11.7. The van der Waals surface area contributed by atoms with Crippen LogP contribution in [0, 0.1) is 6.92 Å².